The molecule has 3 fully saturated rings. The van der Waals surface area contributed by atoms with E-state index in [1.165, 1.54) is 28.4 Å². The molecule has 2 amide bonds. The van der Waals surface area contributed by atoms with E-state index in [4.69, 9.17) is 4.84 Å². The maximum atomic E-state index is 13.8. The number of nitriles is 1. The molecule has 6 atom stereocenters. The van der Waals surface area contributed by atoms with Crippen LogP contribution in [0.3, 0.4) is 0 Å². The van der Waals surface area contributed by atoms with Crippen LogP contribution in [0.1, 0.15) is 40.8 Å². The van der Waals surface area contributed by atoms with Crippen molar-refractivity contribution >= 4 is 39.6 Å². The highest BCUT2D eigenvalue weighted by molar-refractivity contribution is 7.17. The summed E-state index contributed by atoms with van der Waals surface area (Å²) in [4.78, 5) is 46.5. The minimum atomic E-state index is -0.481. The summed E-state index contributed by atoms with van der Waals surface area (Å²) in [5.74, 6) is -1.87. The van der Waals surface area contributed by atoms with Crippen LogP contribution in [0.4, 0.5) is 10.7 Å². The zero-order chi connectivity index (χ0) is 24.0. The molecule has 3 heterocycles. The molecule has 7 rings (SSSR count). The number of fused-ring (bicyclic) bond motifs is 9. The molecule has 10 heteroatoms. The third-order valence-corrected chi connectivity index (χ3v) is 9.79. The van der Waals surface area contributed by atoms with Gasteiger partial charge >= 0.3 is 0 Å². The minimum Gasteiger partial charge on any atom is -0.391 e. The first kappa shape index (κ1) is 20.8. The number of nitro groups is 1. The quantitative estimate of drug-likeness (QED) is 0.369. The number of oxime groups is 1. The van der Waals surface area contributed by atoms with E-state index in [9.17, 15) is 25.0 Å². The van der Waals surface area contributed by atoms with E-state index in [1.807, 2.05) is 0 Å². The molecular weight excluding hydrogens is 468 g/mol. The van der Waals surface area contributed by atoms with Gasteiger partial charge in [0.25, 0.3) is 5.69 Å². The Morgan fingerprint density at radius 1 is 1.14 bits per heavy atom. The monoisotopic (exact) mass is 488 g/mol. The summed E-state index contributed by atoms with van der Waals surface area (Å²) >= 11 is 1.42. The van der Waals surface area contributed by atoms with Crippen LogP contribution in [0.2, 0.25) is 0 Å². The molecule has 2 bridgehead atoms. The van der Waals surface area contributed by atoms with Gasteiger partial charge in [0.1, 0.15) is 17.2 Å². The molecule has 0 N–H and O–H groups in total. The van der Waals surface area contributed by atoms with Crippen LogP contribution >= 0.6 is 11.3 Å². The van der Waals surface area contributed by atoms with Crippen molar-refractivity contribution in [3.8, 4) is 6.07 Å². The fraction of sp³-hybridized carbons (Fsp3) is 0.440. The summed E-state index contributed by atoms with van der Waals surface area (Å²) in [7, 11) is 0. The first-order valence-corrected chi connectivity index (χ1v) is 12.7. The van der Waals surface area contributed by atoms with E-state index in [0.29, 0.717) is 28.3 Å². The van der Waals surface area contributed by atoms with Crippen molar-refractivity contribution < 1.29 is 19.3 Å². The van der Waals surface area contributed by atoms with Crippen molar-refractivity contribution in [2.45, 2.75) is 38.2 Å². The first-order valence-electron chi connectivity index (χ1n) is 11.9. The van der Waals surface area contributed by atoms with Crippen molar-refractivity contribution in [1.29, 1.82) is 5.26 Å². The molecule has 0 spiro atoms. The molecular formula is C25H20N4O5S. The van der Waals surface area contributed by atoms with Gasteiger partial charge in [0.15, 0.2) is 0 Å². The number of hydrogen-bond donors (Lipinski definition) is 0. The highest BCUT2D eigenvalue weighted by Gasteiger charge is 2.70. The molecule has 2 saturated carbocycles. The third-order valence-electron chi connectivity index (χ3n) is 8.51. The van der Waals surface area contributed by atoms with Gasteiger partial charge in [0.2, 0.25) is 11.8 Å². The van der Waals surface area contributed by atoms with Crippen LogP contribution in [0.15, 0.2) is 29.4 Å². The van der Waals surface area contributed by atoms with Crippen LogP contribution in [-0.2, 0) is 27.3 Å². The van der Waals surface area contributed by atoms with Crippen molar-refractivity contribution in [3.05, 3.63) is 55.9 Å². The highest BCUT2D eigenvalue weighted by atomic mass is 32.1. The zero-order valence-corrected chi connectivity index (χ0v) is 19.4. The molecule has 1 aromatic heterocycles. The number of carbonyl (C=O) groups excluding carboxylic acids is 2. The van der Waals surface area contributed by atoms with Crippen LogP contribution < -0.4 is 4.90 Å². The summed E-state index contributed by atoms with van der Waals surface area (Å²) in [6, 6.07) is 8.57. The van der Waals surface area contributed by atoms with E-state index in [1.54, 1.807) is 12.1 Å². The molecule has 2 aliphatic heterocycles. The SMILES string of the molecule is N#Cc1c(N2C(=O)[C@@H]3[C@H]4C[C@@H]([C@@H]5C(c6cccc([N+](=O)[O-])c6)=NO[C@H]45)[C@@H]3C2=O)sc2c1CCCC2. The summed E-state index contributed by atoms with van der Waals surface area (Å²) in [6.07, 6.45) is 4.12. The van der Waals surface area contributed by atoms with Crippen LogP contribution in [0.5, 0.6) is 0 Å². The second-order valence-electron chi connectivity index (χ2n) is 10.0. The number of anilines is 1. The average molecular weight is 489 g/mol. The van der Waals surface area contributed by atoms with Gasteiger partial charge in [-0.3, -0.25) is 19.7 Å². The summed E-state index contributed by atoms with van der Waals surface area (Å²) < 4.78 is 0. The molecule has 1 aromatic carbocycles. The Morgan fingerprint density at radius 2 is 1.91 bits per heavy atom. The molecule has 2 aromatic rings. The van der Waals surface area contributed by atoms with Gasteiger partial charge < -0.3 is 4.84 Å². The van der Waals surface area contributed by atoms with E-state index in [2.05, 4.69) is 11.2 Å². The number of rotatable bonds is 3. The number of thiophene rings is 1. The van der Waals surface area contributed by atoms with Gasteiger partial charge in [-0.2, -0.15) is 5.26 Å². The first-order chi connectivity index (χ1) is 17.0. The number of benzene rings is 1. The van der Waals surface area contributed by atoms with E-state index < -0.39 is 16.8 Å². The minimum absolute atomic E-state index is 0.0290. The highest BCUT2D eigenvalue weighted by Crippen LogP contribution is 2.62. The number of amides is 2. The third kappa shape index (κ3) is 2.64. The van der Waals surface area contributed by atoms with Gasteiger partial charge in [-0.15, -0.1) is 11.3 Å². The van der Waals surface area contributed by atoms with Crippen molar-refractivity contribution in [1.82, 2.24) is 0 Å². The Kier molecular flexibility index (Phi) is 4.28. The number of aryl methyl sites for hydroxylation is 1. The lowest BCUT2D eigenvalue weighted by Gasteiger charge is -2.29. The summed E-state index contributed by atoms with van der Waals surface area (Å²) in [5, 5.41) is 25.9. The number of hydrogen-bond acceptors (Lipinski definition) is 8. The maximum absolute atomic E-state index is 13.8. The number of imide groups is 1. The van der Waals surface area contributed by atoms with Gasteiger partial charge in [0.05, 0.1) is 28.0 Å². The van der Waals surface area contributed by atoms with Crippen LogP contribution in [0.25, 0.3) is 0 Å². The number of carbonyl (C=O) groups is 2. The van der Waals surface area contributed by atoms with Gasteiger partial charge in [-0.05, 0) is 43.6 Å². The predicted octanol–water partition coefficient (Wildman–Crippen LogP) is 3.58. The lowest BCUT2D eigenvalue weighted by molar-refractivity contribution is -0.384. The summed E-state index contributed by atoms with van der Waals surface area (Å²) in [6.45, 7) is 0. The molecule has 176 valence electrons. The van der Waals surface area contributed by atoms with Gasteiger partial charge in [-0.25, -0.2) is 4.90 Å². The largest absolute Gasteiger partial charge is 0.391 e. The van der Waals surface area contributed by atoms with Gasteiger partial charge in [0, 0.05) is 34.4 Å². The van der Waals surface area contributed by atoms with Crippen molar-refractivity contribution in [2.24, 2.45) is 34.7 Å². The Morgan fingerprint density at radius 3 is 2.69 bits per heavy atom. The van der Waals surface area contributed by atoms with E-state index in [-0.39, 0.29) is 41.4 Å². The second-order valence-corrected chi connectivity index (χ2v) is 11.1. The Labute approximate surface area is 204 Å². The fourth-order valence-corrected chi connectivity index (χ4v) is 8.52. The molecule has 0 radical (unpaired) electrons. The number of nitro benzene ring substituents is 1. The Bertz CT molecular complexity index is 1410. The topological polar surface area (TPSA) is 126 Å². The Hall–Kier alpha value is -3.58. The average Bonchev–Trinajstić information content (AvgIpc) is 3.65. The van der Waals surface area contributed by atoms with E-state index in [0.717, 1.165) is 36.1 Å². The van der Waals surface area contributed by atoms with Gasteiger partial charge in [-0.1, -0.05) is 17.3 Å². The maximum Gasteiger partial charge on any atom is 0.270 e. The van der Waals surface area contributed by atoms with E-state index >= 15 is 0 Å². The molecule has 3 aliphatic carbocycles. The zero-order valence-electron chi connectivity index (χ0n) is 18.5. The summed E-state index contributed by atoms with van der Waals surface area (Å²) in [5.41, 5.74) is 2.68. The number of nitrogens with zero attached hydrogens (tertiary/aromatic N) is 4. The fourth-order valence-electron chi connectivity index (χ4n) is 7.17. The molecule has 0 unspecified atom stereocenters. The normalized spacial score (nSPS) is 32.1. The molecule has 5 aliphatic rings. The molecule has 9 nitrogen and oxygen atoms in total. The van der Waals surface area contributed by atoms with Crippen LogP contribution in [-0.4, -0.2) is 28.6 Å². The second kappa shape index (κ2) is 7.21. The van der Waals surface area contributed by atoms with Crippen molar-refractivity contribution in [2.75, 3.05) is 4.90 Å². The Balaban J connectivity index is 1.24. The standard InChI is InChI=1S/C25H20N4O5S/c26-10-16-13-6-1-2-7-17(13)35-25(16)28-23(30)18-14-9-15(19(18)24(28)31)22-20(14)21(27-34-22)11-4-3-5-12(8-11)29(32)33/h3-5,8,14-15,18-20,22H,1-2,6-7,9H2/t14-,15-,18+,19-,20-,22-/m1/s1. The number of non-ortho nitro benzene ring substituents is 1. The van der Waals surface area contributed by atoms with Crippen LogP contribution in [0, 0.1) is 51.0 Å². The lowest BCUT2D eigenvalue weighted by Crippen LogP contribution is -2.41. The molecule has 35 heavy (non-hydrogen) atoms. The molecule has 1 saturated heterocycles. The smallest absolute Gasteiger partial charge is 0.270 e. The van der Waals surface area contributed by atoms with Crippen molar-refractivity contribution in [3.63, 3.8) is 0 Å². The lowest BCUT2D eigenvalue weighted by atomic mass is 9.71. The predicted molar refractivity (Wildman–Crippen MR) is 125 cm³/mol.